The molecule has 0 spiro atoms. The number of aromatic hydroxyl groups is 1. The number of nitrogens with zero attached hydrogens (tertiary/aromatic N) is 4. The molecule has 2 fully saturated rings. The maximum absolute atomic E-state index is 13.9. The number of nitrogen functional groups attached to an aromatic ring is 2. The van der Waals surface area contributed by atoms with Gasteiger partial charge in [-0.2, -0.15) is 5.01 Å². The van der Waals surface area contributed by atoms with E-state index in [9.17, 15) is 19.5 Å². The van der Waals surface area contributed by atoms with Gasteiger partial charge in [0.25, 0.3) is 0 Å². The molecule has 3 aromatic rings. The molecule has 208 valence electrons. The van der Waals surface area contributed by atoms with Crippen LogP contribution >= 0.6 is 0 Å². The van der Waals surface area contributed by atoms with Crippen LogP contribution in [0.25, 0.3) is 0 Å². The van der Waals surface area contributed by atoms with Crippen LogP contribution in [-0.2, 0) is 29.1 Å². The first-order valence-corrected chi connectivity index (χ1v) is 13.1. The molecule has 2 aliphatic rings. The third-order valence-corrected chi connectivity index (χ3v) is 7.49. The van der Waals surface area contributed by atoms with Crippen LogP contribution in [0, 0.1) is 0 Å². The SMILES string of the molecule is CN(C(=O)NCc1ccccc1)N1CC(=O)N2[C@@H](Cc3ccc(O)cc3)C(=O)N(Cc3cccc(N)c3N)C[C@@H]21. The van der Waals surface area contributed by atoms with Gasteiger partial charge in [0.15, 0.2) is 0 Å². The average Bonchev–Trinajstić information content (AvgIpc) is 3.28. The summed E-state index contributed by atoms with van der Waals surface area (Å²) >= 11 is 0. The second-order valence-corrected chi connectivity index (χ2v) is 10.1. The fraction of sp³-hybridized carbons (Fsp3) is 0.276. The third-order valence-electron chi connectivity index (χ3n) is 7.49. The first kappa shape index (κ1) is 26.8. The number of hydrogen-bond donors (Lipinski definition) is 4. The Balaban J connectivity index is 1.41. The molecule has 2 aliphatic heterocycles. The Hall–Kier alpha value is -4.77. The summed E-state index contributed by atoms with van der Waals surface area (Å²) in [4.78, 5) is 43.6. The number of anilines is 2. The van der Waals surface area contributed by atoms with E-state index in [-0.39, 0.29) is 49.7 Å². The number of urea groups is 1. The van der Waals surface area contributed by atoms with E-state index in [0.29, 0.717) is 23.5 Å². The monoisotopic (exact) mass is 543 g/mol. The summed E-state index contributed by atoms with van der Waals surface area (Å²) in [6.07, 6.45) is -0.316. The minimum Gasteiger partial charge on any atom is -0.508 e. The number of piperazine rings is 1. The first-order chi connectivity index (χ1) is 19.2. The first-order valence-electron chi connectivity index (χ1n) is 13.1. The molecule has 0 bridgehead atoms. The predicted molar refractivity (Wildman–Crippen MR) is 150 cm³/mol. The number of nitrogens with one attached hydrogen (secondary N) is 1. The van der Waals surface area contributed by atoms with Crippen molar-refractivity contribution in [3.8, 4) is 5.75 Å². The molecule has 40 heavy (non-hydrogen) atoms. The van der Waals surface area contributed by atoms with Gasteiger partial charge in [-0.3, -0.25) is 14.6 Å². The number of para-hydroxylation sites is 1. The Bertz CT molecular complexity index is 1400. The van der Waals surface area contributed by atoms with Crippen molar-refractivity contribution in [1.82, 2.24) is 25.1 Å². The molecule has 3 aromatic carbocycles. The van der Waals surface area contributed by atoms with E-state index in [2.05, 4.69) is 5.32 Å². The standard InChI is InChI=1S/C29H33N7O4/c1-33(29(40)32-15-20-6-3-2-4-7-20)35-18-26(38)36-24(14-19-10-12-22(37)13-11-19)28(39)34(17-25(35)36)16-21-8-5-9-23(30)27(21)31/h2-13,24-25,37H,14-18,30-31H2,1H3,(H,32,40)/t24-,25+/m0/s1. The van der Waals surface area contributed by atoms with Crippen LogP contribution in [0.4, 0.5) is 16.2 Å². The number of nitrogens with two attached hydrogens (primary N) is 2. The normalized spacial score (nSPS) is 19.0. The lowest BCUT2D eigenvalue weighted by Crippen LogP contribution is -2.65. The van der Waals surface area contributed by atoms with Crippen molar-refractivity contribution in [1.29, 1.82) is 0 Å². The van der Waals surface area contributed by atoms with Gasteiger partial charge < -0.3 is 31.7 Å². The van der Waals surface area contributed by atoms with Gasteiger partial charge in [0.2, 0.25) is 11.8 Å². The second kappa shape index (κ2) is 11.1. The summed E-state index contributed by atoms with van der Waals surface area (Å²) in [7, 11) is 1.61. The van der Waals surface area contributed by atoms with Crippen LogP contribution in [-0.4, -0.2) is 75.1 Å². The molecule has 2 heterocycles. The lowest BCUT2D eigenvalue weighted by molar-refractivity contribution is -0.157. The molecule has 6 N–H and O–H groups in total. The van der Waals surface area contributed by atoms with Crippen LogP contribution in [0.3, 0.4) is 0 Å². The predicted octanol–water partition coefficient (Wildman–Crippen LogP) is 1.74. The Labute approximate surface area is 232 Å². The van der Waals surface area contributed by atoms with Crippen LogP contribution in [0.2, 0.25) is 0 Å². The van der Waals surface area contributed by atoms with E-state index in [1.807, 2.05) is 36.4 Å². The maximum Gasteiger partial charge on any atom is 0.332 e. The summed E-state index contributed by atoms with van der Waals surface area (Å²) in [5, 5.41) is 15.7. The number of fused-ring (bicyclic) bond motifs is 1. The van der Waals surface area contributed by atoms with Gasteiger partial charge in [-0.05, 0) is 34.9 Å². The van der Waals surface area contributed by atoms with E-state index in [1.165, 1.54) is 5.01 Å². The van der Waals surface area contributed by atoms with Gasteiger partial charge >= 0.3 is 6.03 Å². The van der Waals surface area contributed by atoms with Gasteiger partial charge in [-0.15, -0.1) is 0 Å². The zero-order valence-corrected chi connectivity index (χ0v) is 22.2. The molecular weight excluding hydrogens is 510 g/mol. The van der Waals surface area contributed by atoms with Crippen LogP contribution < -0.4 is 16.8 Å². The van der Waals surface area contributed by atoms with Crippen LogP contribution in [0.1, 0.15) is 16.7 Å². The second-order valence-electron chi connectivity index (χ2n) is 10.1. The summed E-state index contributed by atoms with van der Waals surface area (Å²) in [5.74, 6) is -0.354. The minimum absolute atomic E-state index is 0.0481. The summed E-state index contributed by atoms with van der Waals surface area (Å²) in [5.41, 5.74) is 15.5. The molecule has 11 heteroatoms. The van der Waals surface area contributed by atoms with Crippen molar-refractivity contribution in [2.24, 2.45) is 0 Å². The molecule has 0 saturated carbocycles. The Morgan fingerprint density at radius 2 is 1.73 bits per heavy atom. The Morgan fingerprint density at radius 1 is 1.00 bits per heavy atom. The number of carbonyl (C=O) groups excluding carboxylic acids is 3. The van der Waals surface area contributed by atoms with E-state index < -0.39 is 12.2 Å². The molecule has 2 atom stereocenters. The van der Waals surface area contributed by atoms with Crippen LogP contribution in [0.15, 0.2) is 72.8 Å². The summed E-state index contributed by atoms with van der Waals surface area (Å²) in [6.45, 7) is 0.676. The van der Waals surface area contributed by atoms with Gasteiger partial charge in [0.1, 0.15) is 18.0 Å². The smallest absolute Gasteiger partial charge is 0.332 e. The number of benzene rings is 3. The van der Waals surface area contributed by atoms with E-state index in [0.717, 1.165) is 11.1 Å². The fourth-order valence-corrected chi connectivity index (χ4v) is 5.29. The van der Waals surface area contributed by atoms with E-state index >= 15 is 0 Å². The van der Waals surface area contributed by atoms with Crippen molar-refractivity contribution in [3.63, 3.8) is 0 Å². The van der Waals surface area contributed by atoms with Gasteiger partial charge in [-0.25, -0.2) is 4.79 Å². The quantitative estimate of drug-likeness (QED) is 0.332. The molecular formula is C29H33N7O4. The van der Waals surface area contributed by atoms with Crippen molar-refractivity contribution in [2.45, 2.75) is 31.7 Å². The maximum atomic E-state index is 13.9. The highest BCUT2D eigenvalue weighted by Crippen LogP contribution is 2.31. The van der Waals surface area contributed by atoms with Gasteiger partial charge in [-0.1, -0.05) is 54.6 Å². The van der Waals surface area contributed by atoms with Gasteiger partial charge in [0, 0.05) is 26.6 Å². The number of hydrazine groups is 1. The molecule has 0 aliphatic carbocycles. The molecule has 0 aromatic heterocycles. The number of phenols is 1. The largest absolute Gasteiger partial charge is 0.508 e. The van der Waals surface area contributed by atoms with E-state index in [4.69, 9.17) is 11.5 Å². The van der Waals surface area contributed by atoms with Crippen molar-refractivity contribution in [2.75, 3.05) is 31.6 Å². The van der Waals surface area contributed by atoms with Crippen molar-refractivity contribution in [3.05, 3.63) is 89.5 Å². The highest BCUT2D eigenvalue weighted by molar-refractivity contribution is 5.92. The number of amides is 4. The third kappa shape index (κ3) is 5.36. The molecule has 0 unspecified atom stereocenters. The highest BCUT2D eigenvalue weighted by atomic mass is 16.3. The van der Waals surface area contributed by atoms with E-state index in [1.54, 1.807) is 58.3 Å². The number of rotatable bonds is 7. The number of hydrogen-bond acceptors (Lipinski definition) is 7. The Kier molecular flexibility index (Phi) is 7.47. The topological polar surface area (TPSA) is 148 Å². The van der Waals surface area contributed by atoms with Crippen molar-refractivity contribution >= 4 is 29.2 Å². The number of carbonyl (C=O) groups is 3. The zero-order valence-electron chi connectivity index (χ0n) is 22.2. The average molecular weight is 544 g/mol. The van der Waals surface area contributed by atoms with Crippen molar-refractivity contribution < 1.29 is 19.5 Å². The molecule has 4 amide bonds. The molecule has 2 saturated heterocycles. The van der Waals surface area contributed by atoms with Crippen LogP contribution in [0.5, 0.6) is 5.75 Å². The van der Waals surface area contributed by atoms with Gasteiger partial charge in [0.05, 0.1) is 24.5 Å². The Morgan fingerprint density at radius 3 is 2.45 bits per heavy atom. The lowest BCUT2D eigenvalue weighted by atomic mass is 9.99. The highest BCUT2D eigenvalue weighted by Gasteiger charge is 2.51. The fourth-order valence-electron chi connectivity index (χ4n) is 5.29. The summed E-state index contributed by atoms with van der Waals surface area (Å²) in [6, 6.07) is 20.2. The minimum atomic E-state index is -0.802. The molecule has 5 rings (SSSR count). The lowest BCUT2D eigenvalue weighted by Gasteiger charge is -2.46. The molecule has 0 radical (unpaired) electrons. The molecule has 11 nitrogen and oxygen atoms in total. The zero-order chi connectivity index (χ0) is 28.4. The number of phenolic OH excluding ortho intramolecular Hbond substituents is 1. The summed E-state index contributed by atoms with van der Waals surface area (Å²) < 4.78 is 0.